The van der Waals surface area contributed by atoms with Gasteiger partial charge in [0.15, 0.2) is 5.78 Å². The molecule has 2 N–H and O–H groups in total. The van der Waals surface area contributed by atoms with Crippen molar-refractivity contribution in [2.45, 2.75) is 30.7 Å². The van der Waals surface area contributed by atoms with Crippen molar-refractivity contribution in [3.8, 4) is 16.9 Å². The fourth-order valence-electron chi connectivity index (χ4n) is 4.78. The lowest BCUT2D eigenvalue weighted by Crippen LogP contribution is -2.43. The minimum absolute atomic E-state index is 0.139. The van der Waals surface area contributed by atoms with E-state index in [1.54, 1.807) is 61.7 Å². The number of benzene rings is 4. The van der Waals surface area contributed by atoms with Crippen LogP contribution in [0.4, 0.5) is 5.69 Å². The zero-order valence-corrected chi connectivity index (χ0v) is 22.9. The van der Waals surface area contributed by atoms with Gasteiger partial charge in [-0.05, 0) is 73.4 Å². The molecule has 0 fully saturated rings. The Balaban J connectivity index is 1.38. The van der Waals surface area contributed by atoms with E-state index in [1.807, 2.05) is 48.5 Å². The number of hydrogen-bond donors (Lipinski definition) is 2. The largest absolute Gasteiger partial charge is 0.497 e. The van der Waals surface area contributed by atoms with Gasteiger partial charge in [-0.2, -0.15) is 0 Å². The van der Waals surface area contributed by atoms with Gasteiger partial charge >= 0.3 is 0 Å². The Labute approximate surface area is 229 Å². The molecule has 4 aromatic rings. The van der Waals surface area contributed by atoms with Gasteiger partial charge < -0.3 is 10.1 Å². The fraction of sp³-hybridized carbons (Fsp3) is 0.156. The molecule has 0 unspecified atom stereocenters. The maximum atomic E-state index is 13.3. The molecule has 1 aliphatic rings. The molecule has 0 aromatic heterocycles. The number of carbonyl (C=O) groups excluding carboxylic acids is 1. The molecule has 1 heterocycles. The van der Waals surface area contributed by atoms with Crippen LogP contribution in [-0.4, -0.2) is 26.8 Å². The first kappa shape index (κ1) is 26.3. The average molecular weight is 539 g/mol. The van der Waals surface area contributed by atoms with E-state index in [1.165, 1.54) is 0 Å². The third-order valence-corrected chi connectivity index (χ3v) is 8.06. The van der Waals surface area contributed by atoms with Crippen molar-refractivity contribution in [2.24, 2.45) is 0 Å². The van der Waals surface area contributed by atoms with Gasteiger partial charge in [0.25, 0.3) is 10.0 Å². The molecule has 198 valence electrons. The summed E-state index contributed by atoms with van der Waals surface area (Å²) in [5, 5.41) is 3.46. The van der Waals surface area contributed by atoms with Crippen LogP contribution in [0.3, 0.4) is 0 Å². The molecule has 1 aliphatic heterocycles. The van der Waals surface area contributed by atoms with Crippen LogP contribution in [0.15, 0.2) is 108 Å². The third-order valence-electron chi connectivity index (χ3n) is 6.66. The first-order valence-electron chi connectivity index (χ1n) is 12.6. The minimum atomic E-state index is -3.85. The van der Waals surface area contributed by atoms with Crippen molar-refractivity contribution < 1.29 is 17.9 Å². The standard InChI is InChI=1S/C32H30N2O4S/c1-32(2)21-25-12-15-27(38-3)19-29(25)30(33-32)20-31(35)24-10-7-11-26(18-24)34-39(36,37)28-16-13-23(14-17-28)22-8-5-4-6-9-22/h4-20,33-34H,21H2,1-3H3. The van der Waals surface area contributed by atoms with Crippen LogP contribution < -0.4 is 14.8 Å². The Bertz CT molecular complexity index is 1660. The van der Waals surface area contributed by atoms with E-state index in [0.717, 1.165) is 28.7 Å². The summed E-state index contributed by atoms with van der Waals surface area (Å²) in [7, 11) is -2.24. The third kappa shape index (κ3) is 5.89. The number of fused-ring (bicyclic) bond motifs is 1. The first-order chi connectivity index (χ1) is 18.6. The van der Waals surface area contributed by atoms with Crippen molar-refractivity contribution in [3.63, 3.8) is 0 Å². The predicted molar refractivity (Wildman–Crippen MR) is 155 cm³/mol. The van der Waals surface area contributed by atoms with Gasteiger partial charge in [0.05, 0.1) is 12.0 Å². The summed E-state index contributed by atoms with van der Waals surface area (Å²) in [4.78, 5) is 13.5. The monoisotopic (exact) mass is 538 g/mol. The van der Waals surface area contributed by atoms with Crippen LogP contribution in [-0.2, 0) is 16.4 Å². The maximum Gasteiger partial charge on any atom is 0.261 e. The van der Waals surface area contributed by atoms with Gasteiger partial charge in [0.1, 0.15) is 5.75 Å². The SMILES string of the molecule is COc1ccc2c(c1)C(=CC(=O)c1cccc(NS(=O)(=O)c3ccc(-c4ccccc4)cc3)c1)NC(C)(C)C2. The zero-order valence-electron chi connectivity index (χ0n) is 22.1. The molecule has 0 saturated heterocycles. The summed E-state index contributed by atoms with van der Waals surface area (Å²) in [5.74, 6) is 0.471. The molecule has 5 rings (SSSR count). The lowest BCUT2D eigenvalue weighted by atomic mass is 9.85. The molecule has 0 aliphatic carbocycles. The highest BCUT2D eigenvalue weighted by atomic mass is 32.2. The number of ether oxygens (including phenoxy) is 1. The highest BCUT2D eigenvalue weighted by Crippen LogP contribution is 2.32. The van der Waals surface area contributed by atoms with Gasteiger partial charge in [-0.1, -0.05) is 60.7 Å². The lowest BCUT2D eigenvalue weighted by molar-refractivity contribution is 0.104. The number of rotatable bonds is 7. The molecule has 6 nitrogen and oxygen atoms in total. The summed E-state index contributed by atoms with van der Waals surface area (Å²) in [5.41, 5.74) is 5.12. The number of allylic oxidation sites excluding steroid dienone is 1. The number of methoxy groups -OCH3 is 1. The van der Waals surface area contributed by atoms with E-state index >= 15 is 0 Å². The van der Waals surface area contributed by atoms with E-state index in [2.05, 4.69) is 23.9 Å². The molecule has 4 aromatic carbocycles. The van der Waals surface area contributed by atoms with Gasteiger partial charge in [0, 0.05) is 34.1 Å². The van der Waals surface area contributed by atoms with Gasteiger partial charge in [0.2, 0.25) is 0 Å². The number of ketones is 1. The van der Waals surface area contributed by atoms with Crippen LogP contribution in [0, 0.1) is 0 Å². The van der Waals surface area contributed by atoms with Gasteiger partial charge in [-0.25, -0.2) is 8.42 Å². The highest BCUT2D eigenvalue weighted by Gasteiger charge is 2.28. The maximum absolute atomic E-state index is 13.3. The van der Waals surface area contributed by atoms with E-state index in [0.29, 0.717) is 22.7 Å². The summed E-state index contributed by atoms with van der Waals surface area (Å²) >= 11 is 0. The minimum Gasteiger partial charge on any atom is -0.497 e. The van der Waals surface area contributed by atoms with Crippen molar-refractivity contribution in [2.75, 3.05) is 11.8 Å². The Hall–Kier alpha value is -4.36. The lowest BCUT2D eigenvalue weighted by Gasteiger charge is -2.35. The molecule has 0 radical (unpaired) electrons. The highest BCUT2D eigenvalue weighted by molar-refractivity contribution is 7.92. The Morgan fingerprint density at radius 1 is 0.897 bits per heavy atom. The van der Waals surface area contributed by atoms with Crippen LogP contribution in [0.5, 0.6) is 5.75 Å². The summed E-state index contributed by atoms with van der Waals surface area (Å²) in [6, 6.07) is 28.8. The smallest absolute Gasteiger partial charge is 0.261 e. The summed E-state index contributed by atoms with van der Waals surface area (Å²) in [6.07, 6.45) is 2.37. The summed E-state index contributed by atoms with van der Waals surface area (Å²) in [6.45, 7) is 4.17. The van der Waals surface area contributed by atoms with Gasteiger partial charge in [-0.3, -0.25) is 9.52 Å². The summed E-state index contributed by atoms with van der Waals surface area (Å²) < 4.78 is 34.2. The fourth-order valence-corrected chi connectivity index (χ4v) is 5.82. The number of nitrogens with one attached hydrogen (secondary N) is 2. The number of hydrogen-bond acceptors (Lipinski definition) is 5. The number of carbonyl (C=O) groups is 1. The second-order valence-electron chi connectivity index (χ2n) is 10.2. The van der Waals surface area contributed by atoms with E-state index in [9.17, 15) is 13.2 Å². The molecule has 39 heavy (non-hydrogen) atoms. The first-order valence-corrected chi connectivity index (χ1v) is 14.1. The van der Waals surface area contributed by atoms with Crippen LogP contribution in [0.2, 0.25) is 0 Å². The molecular formula is C32H30N2O4S. The van der Waals surface area contributed by atoms with E-state index in [4.69, 9.17) is 4.74 Å². The molecule has 0 spiro atoms. The van der Waals surface area contributed by atoms with Crippen molar-refractivity contribution >= 4 is 27.2 Å². The van der Waals surface area contributed by atoms with Crippen molar-refractivity contribution in [1.29, 1.82) is 0 Å². The second kappa shape index (κ2) is 10.4. The van der Waals surface area contributed by atoms with Crippen LogP contribution in [0.25, 0.3) is 16.8 Å². The zero-order chi connectivity index (χ0) is 27.6. The topological polar surface area (TPSA) is 84.5 Å². The molecule has 0 amide bonds. The Morgan fingerprint density at radius 3 is 2.33 bits per heavy atom. The molecule has 0 atom stereocenters. The molecular weight excluding hydrogens is 508 g/mol. The number of anilines is 1. The van der Waals surface area contributed by atoms with E-state index in [-0.39, 0.29) is 16.2 Å². The quantitative estimate of drug-likeness (QED) is 0.213. The molecule has 0 saturated carbocycles. The molecule has 0 bridgehead atoms. The van der Waals surface area contributed by atoms with Gasteiger partial charge in [-0.15, -0.1) is 0 Å². The van der Waals surface area contributed by atoms with Crippen molar-refractivity contribution in [1.82, 2.24) is 5.32 Å². The molecule has 7 heteroatoms. The second-order valence-corrected chi connectivity index (χ2v) is 11.9. The normalized spacial score (nSPS) is 15.2. The van der Waals surface area contributed by atoms with Crippen LogP contribution >= 0.6 is 0 Å². The average Bonchev–Trinajstić information content (AvgIpc) is 2.93. The van der Waals surface area contributed by atoms with Crippen molar-refractivity contribution in [3.05, 3.63) is 120 Å². The predicted octanol–water partition coefficient (Wildman–Crippen LogP) is 6.31. The van der Waals surface area contributed by atoms with E-state index < -0.39 is 10.0 Å². The van der Waals surface area contributed by atoms with Crippen LogP contribution in [0.1, 0.15) is 35.3 Å². The Kier molecular flexibility index (Phi) is 7.02. The number of sulfonamides is 1. The Morgan fingerprint density at radius 2 is 1.62 bits per heavy atom.